The zero-order valence-electron chi connectivity index (χ0n) is 12.9. The van der Waals surface area contributed by atoms with Crippen LogP contribution >= 0.6 is 0 Å². The van der Waals surface area contributed by atoms with Gasteiger partial charge < -0.3 is 5.32 Å². The fraction of sp³-hybridized carbons (Fsp3) is 0.471. The van der Waals surface area contributed by atoms with Crippen molar-refractivity contribution in [3.05, 3.63) is 48.3 Å². The summed E-state index contributed by atoms with van der Waals surface area (Å²) in [6.45, 7) is 11.0. The third kappa shape index (κ3) is 3.70. The largest absolute Gasteiger partial charge is 0.311 e. The Morgan fingerprint density at radius 2 is 1.85 bits per heavy atom. The van der Waals surface area contributed by atoms with E-state index in [1.54, 1.807) is 0 Å². The quantitative estimate of drug-likeness (QED) is 0.869. The van der Waals surface area contributed by atoms with Crippen LogP contribution in [-0.2, 0) is 6.54 Å². The van der Waals surface area contributed by atoms with Gasteiger partial charge in [-0.1, -0.05) is 45.9 Å². The Labute approximate surface area is 122 Å². The number of rotatable bonds is 6. The van der Waals surface area contributed by atoms with Gasteiger partial charge in [0.15, 0.2) is 0 Å². The van der Waals surface area contributed by atoms with Gasteiger partial charge in [0.25, 0.3) is 0 Å². The molecule has 0 aliphatic rings. The van der Waals surface area contributed by atoms with Crippen LogP contribution in [0.1, 0.15) is 33.4 Å². The summed E-state index contributed by atoms with van der Waals surface area (Å²) in [6, 6.07) is 12.3. The number of aromatic nitrogens is 2. The van der Waals surface area contributed by atoms with Crippen molar-refractivity contribution in [2.24, 2.45) is 11.3 Å². The summed E-state index contributed by atoms with van der Waals surface area (Å²) >= 11 is 0. The molecule has 0 saturated carbocycles. The standard InChI is InChI=1S/C17H25N3/c1-14(2)17(3,4)13-18-12-15-10-11-20(19-15)16-8-6-5-7-9-16/h5-11,14,18H,12-13H2,1-4H3. The molecule has 0 spiro atoms. The van der Waals surface area contributed by atoms with Crippen molar-refractivity contribution in [3.63, 3.8) is 0 Å². The van der Waals surface area contributed by atoms with Gasteiger partial charge in [0.1, 0.15) is 0 Å². The van der Waals surface area contributed by atoms with E-state index in [9.17, 15) is 0 Å². The first kappa shape index (κ1) is 14.8. The molecule has 0 amide bonds. The summed E-state index contributed by atoms with van der Waals surface area (Å²) in [5.74, 6) is 0.664. The minimum absolute atomic E-state index is 0.308. The third-order valence-corrected chi connectivity index (χ3v) is 4.11. The van der Waals surface area contributed by atoms with Crippen LogP contribution in [0.5, 0.6) is 0 Å². The van der Waals surface area contributed by atoms with Crippen LogP contribution in [0.25, 0.3) is 5.69 Å². The Morgan fingerprint density at radius 1 is 1.15 bits per heavy atom. The first-order chi connectivity index (χ1) is 9.49. The van der Waals surface area contributed by atoms with Gasteiger partial charge in [-0.05, 0) is 29.5 Å². The molecule has 0 saturated heterocycles. The second-order valence-electron chi connectivity index (χ2n) is 6.33. The summed E-state index contributed by atoms with van der Waals surface area (Å²) in [5, 5.41) is 8.11. The zero-order valence-corrected chi connectivity index (χ0v) is 12.9. The first-order valence-electron chi connectivity index (χ1n) is 7.30. The molecule has 2 rings (SSSR count). The molecule has 1 heterocycles. The maximum atomic E-state index is 4.60. The van der Waals surface area contributed by atoms with Gasteiger partial charge in [0.2, 0.25) is 0 Å². The number of hydrogen-bond donors (Lipinski definition) is 1. The van der Waals surface area contributed by atoms with Crippen molar-refractivity contribution in [2.45, 2.75) is 34.2 Å². The predicted octanol–water partition coefficient (Wildman–Crippen LogP) is 3.64. The van der Waals surface area contributed by atoms with Gasteiger partial charge in [0.05, 0.1) is 11.4 Å². The van der Waals surface area contributed by atoms with Crippen LogP contribution < -0.4 is 5.32 Å². The molecule has 2 aromatic rings. The van der Waals surface area contributed by atoms with Crippen LogP contribution in [0, 0.1) is 11.3 Å². The van der Waals surface area contributed by atoms with Crippen LogP contribution in [-0.4, -0.2) is 16.3 Å². The van der Waals surface area contributed by atoms with E-state index in [0.717, 1.165) is 24.5 Å². The Kier molecular flexibility index (Phi) is 4.61. The van der Waals surface area contributed by atoms with Crippen LogP contribution in [0.15, 0.2) is 42.6 Å². The number of nitrogens with one attached hydrogen (secondary N) is 1. The van der Waals surface area contributed by atoms with Gasteiger partial charge in [0, 0.05) is 19.3 Å². The lowest BCUT2D eigenvalue weighted by Gasteiger charge is -2.29. The van der Waals surface area contributed by atoms with Crippen molar-refractivity contribution in [1.29, 1.82) is 0 Å². The topological polar surface area (TPSA) is 29.9 Å². The van der Waals surface area contributed by atoms with Crippen molar-refractivity contribution in [1.82, 2.24) is 15.1 Å². The molecule has 0 unspecified atom stereocenters. The lowest BCUT2D eigenvalue weighted by atomic mass is 9.81. The average Bonchev–Trinajstić information content (AvgIpc) is 2.88. The number of hydrogen-bond acceptors (Lipinski definition) is 2. The number of benzene rings is 1. The van der Waals surface area contributed by atoms with Gasteiger partial charge >= 0.3 is 0 Å². The summed E-state index contributed by atoms with van der Waals surface area (Å²) < 4.78 is 1.92. The van der Waals surface area contributed by atoms with Gasteiger partial charge in [-0.2, -0.15) is 5.10 Å². The lowest BCUT2D eigenvalue weighted by molar-refractivity contribution is 0.237. The minimum Gasteiger partial charge on any atom is -0.311 e. The molecule has 0 atom stereocenters. The average molecular weight is 271 g/mol. The highest BCUT2D eigenvalue weighted by Crippen LogP contribution is 2.24. The smallest absolute Gasteiger partial charge is 0.0766 e. The molecule has 1 aromatic carbocycles. The molecule has 1 aromatic heterocycles. The van der Waals surface area contributed by atoms with E-state index in [2.05, 4.69) is 56.3 Å². The molecular formula is C17H25N3. The van der Waals surface area contributed by atoms with E-state index in [1.807, 2.05) is 29.1 Å². The van der Waals surface area contributed by atoms with E-state index >= 15 is 0 Å². The predicted molar refractivity (Wildman–Crippen MR) is 83.9 cm³/mol. The number of para-hydroxylation sites is 1. The fourth-order valence-corrected chi connectivity index (χ4v) is 1.90. The first-order valence-corrected chi connectivity index (χ1v) is 7.30. The van der Waals surface area contributed by atoms with E-state index in [0.29, 0.717) is 11.3 Å². The molecule has 0 radical (unpaired) electrons. The van der Waals surface area contributed by atoms with Crippen molar-refractivity contribution < 1.29 is 0 Å². The van der Waals surface area contributed by atoms with Crippen LogP contribution in [0.2, 0.25) is 0 Å². The SMILES string of the molecule is CC(C)C(C)(C)CNCc1ccn(-c2ccccc2)n1. The highest BCUT2D eigenvalue weighted by molar-refractivity contribution is 5.30. The van der Waals surface area contributed by atoms with Gasteiger partial charge in [-0.3, -0.25) is 0 Å². The van der Waals surface area contributed by atoms with E-state index in [1.165, 1.54) is 0 Å². The van der Waals surface area contributed by atoms with Crippen LogP contribution in [0.4, 0.5) is 0 Å². The van der Waals surface area contributed by atoms with Crippen LogP contribution in [0.3, 0.4) is 0 Å². The van der Waals surface area contributed by atoms with Crippen molar-refractivity contribution in [2.75, 3.05) is 6.54 Å². The Bertz CT molecular complexity index is 526. The van der Waals surface area contributed by atoms with Crippen molar-refractivity contribution >= 4 is 0 Å². The Morgan fingerprint density at radius 3 is 2.50 bits per heavy atom. The van der Waals surface area contributed by atoms with E-state index < -0.39 is 0 Å². The molecule has 3 nitrogen and oxygen atoms in total. The maximum Gasteiger partial charge on any atom is 0.0766 e. The molecular weight excluding hydrogens is 246 g/mol. The summed E-state index contributed by atoms with van der Waals surface area (Å²) in [7, 11) is 0. The lowest BCUT2D eigenvalue weighted by Crippen LogP contribution is -2.33. The monoisotopic (exact) mass is 271 g/mol. The second-order valence-corrected chi connectivity index (χ2v) is 6.33. The highest BCUT2D eigenvalue weighted by atomic mass is 15.3. The molecule has 1 N–H and O–H groups in total. The number of nitrogens with zero attached hydrogens (tertiary/aromatic N) is 2. The second kappa shape index (κ2) is 6.23. The highest BCUT2D eigenvalue weighted by Gasteiger charge is 2.21. The molecule has 0 aliphatic carbocycles. The normalized spacial score (nSPS) is 12.1. The molecule has 0 fully saturated rings. The molecule has 3 heteroatoms. The van der Waals surface area contributed by atoms with Gasteiger partial charge in [-0.15, -0.1) is 0 Å². The zero-order chi connectivity index (χ0) is 14.6. The Balaban J connectivity index is 1.91. The minimum atomic E-state index is 0.308. The summed E-state index contributed by atoms with van der Waals surface area (Å²) in [5.41, 5.74) is 2.48. The maximum absolute atomic E-state index is 4.60. The summed E-state index contributed by atoms with van der Waals surface area (Å²) in [4.78, 5) is 0. The third-order valence-electron chi connectivity index (χ3n) is 4.11. The van der Waals surface area contributed by atoms with Gasteiger partial charge in [-0.25, -0.2) is 4.68 Å². The molecule has 20 heavy (non-hydrogen) atoms. The molecule has 0 bridgehead atoms. The summed E-state index contributed by atoms with van der Waals surface area (Å²) in [6.07, 6.45) is 2.01. The van der Waals surface area contributed by atoms with E-state index in [-0.39, 0.29) is 0 Å². The van der Waals surface area contributed by atoms with Crippen molar-refractivity contribution in [3.8, 4) is 5.69 Å². The fourth-order valence-electron chi connectivity index (χ4n) is 1.90. The molecule has 108 valence electrons. The van der Waals surface area contributed by atoms with E-state index in [4.69, 9.17) is 0 Å². The Hall–Kier alpha value is -1.61. The molecule has 0 aliphatic heterocycles.